The molecule has 1 atom stereocenters. The number of aryl methyl sites for hydroxylation is 1. The Bertz CT molecular complexity index is 941. The molecule has 7 nitrogen and oxygen atoms in total. The van der Waals surface area contributed by atoms with Crippen LogP contribution in [-0.2, 0) is 17.8 Å². The van der Waals surface area contributed by atoms with E-state index in [-0.39, 0.29) is 24.3 Å². The second-order valence-electron chi connectivity index (χ2n) is 6.79. The zero-order valence-corrected chi connectivity index (χ0v) is 15.3. The third-order valence-corrected chi connectivity index (χ3v) is 4.83. The van der Waals surface area contributed by atoms with Gasteiger partial charge in [0.05, 0.1) is 6.54 Å². The number of halogens is 1. The van der Waals surface area contributed by atoms with Crippen LogP contribution in [0, 0.1) is 5.82 Å². The molecule has 8 heteroatoms. The van der Waals surface area contributed by atoms with Gasteiger partial charge in [0.2, 0.25) is 5.91 Å². The highest BCUT2D eigenvalue weighted by Gasteiger charge is 2.22. The van der Waals surface area contributed by atoms with Gasteiger partial charge in [-0.25, -0.2) is 4.39 Å². The Morgan fingerprint density at radius 2 is 2.04 bits per heavy atom. The van der Waals surface area contributed by atoms with Crippen molar-refractivity contribution in [2.45, 2.75) is 31.8 Å². The summed E-state index contributed by atoms with van der Waals surface area (Å²) >= 11 is 0. The van der Waals surface area contributed by atoms with E-state index in [2.05, 4.69) is 30.4 Å². The number of benzene rings is 1. The standard InChI is InChI=1S/C20H21FN6O/c21-15-3-5-16(6-4-15)23-13-19(28)24-17-7-8-18-25-26-20(27(18)11-9-17)14-2-1-10-22-12-14/h1-6,10,12,17,23H,7-9,11,13H2,(H,24,28). The van der Waals surface area contributed by atoms with E-state index in [1.807, 2.05) is 12.1 Å². The van der Waals surface area contributed by atoms with Crippen molar-refractivity contribution in [1.29, 1.82) is 0 Å². The average molecular weight is 380 g/mol. The van der Waals surface area contributed by atoms with Crippen LogP contribution in [0.5, 0.6) is 0 Å². The summed E-state index contributed by atoms with van der Waals surface area (Å²) in [5.41, 5.74) is 1.65. The number of fused-ring (bicyclic) bond motifs is 1. The van der Waals surface area contributed by atoms with Gasteiger partial charge in [0.1, 0.15) is 11.6 Å². The second kappa shape index (κ2) is 8.16. The van der Waals surface area contributed by atoms with Gasteiger partial charge in [0.25, 0.3) is 0 Å². The van der Waals surface area contributed by atoms with Crippen molar-refractivity contribution >= 4 is 11.6 Å². The molecule has 2 N–H and O–H groups in total. The lowest BCUT2D eigenvalue weighted by Gasteiger charge is -2.16. The van der Waals surface area contributed by atoms with Crippen LogP contribution in [0.3, 0.4) is 0 Å². The largest absolute Gasteiger partial charge is 0.376 e. The molecule has 1 aromatic carbocycles. The third kappa shape index (κ3) is 4.16. The van der Waals surface area contributed by atoms with Crippen molar-refractivity contribution in [2.24, 2.45) is 0 Å². The Kier molecular flexibility index (Phi) is 5.27. The lowest BCUT2D eigenvalue weighted by molar-refractivity contribution is -0.120. The summed E-state index contributed by atoms with van der Waals surface area (Å²) in [4.78, 5) is 16.4. The van der Waals surface area contributed by atoms with E-state index >= 15 is 0 Å². The van der Waals surface area contributed by atoms with Gasteiger partial charge in [-0.2, -0.15) is 0 Å². The summed E-state index contributed by atoms with van der Waals surface area (Å²) in [5, 5.41) is 14.7. The zero-order chi connectivity index (χ0) is 19.3. The number of carbonyl (C=O) groups is 1. The topological polar surface area (TPSA) is 84.7 Å². The lowest BCUT2D eigenvalue weighted by atomic mass is 10.1. The van der Waals surface area contributed by atoms with E-state index in [1.165, 1.54) is 12.1 Å². The van der Waals surface area contributed by atoms with E-state index < -0.39 is 0 Å². The Morgan fingerprint density at radius 1 is 1.18 bits per heavy atom. The molecule has 1 amide bonds. The fourth-order valence-corrected chi connectivity index (χ4v) is 3.37. The number of pyridine rings is 1. The van der Waals surface area contributed by atoms with Crippen LogP contribution in [0.4, 0.5) is 10.1 Å². The number of carbonyl (C=O) groups excluding carboxylic acids is 1. The normalized spacial score (nSPS) is 16.1. The molecule has 144 valence electrons. The molecule has 0 fully saturated rings. The monoisotopic (exact) mass is 380 g/mol. The van der Waals surface area contributed by atoms with Crippen LogP contribution in [0.2, 0.25) is 0 Å². The van der Waals surface area contributed by atoms with E-state index in [4.69, 9.17) is 0 Å². The summed E-state index contributed by atoms with van der Waals surface area (Å²) in [6.07, 6.45) is 5.88. The average Bonchev–Trinajstić information content (AvgIpc) is 3.03. The van der Waals surface area contributed by atoms with Crippen LogP contribution in [-0.4, -0.2) is 38.2 Å². The first-order chi connectivity index (χ1) is 13.7. The summed E-state index contributed by atoms with van der Waals surface area (Å²) in [6.45, 7) is 0.887. The Morgan fingerprint density at radius 3 is 2.82 bits per heavy atom. The van der Waals surface area contributed by atoms with Crippen molar-refractivity contribution in [3.63, 3.8) is 0 Å². The molecule has 3 aromatic rings. The summed E-state index contributed by atoms with van der Waals surface area (Å²) < 4.78 is 15.0. The highest BCUT2D eigenvalue weighted by Crippen LogP contribution is 2.22. The van der Waals surface area contributed by atoms with E-state index in [1.54, 1.807) is 24.5 Å². The number of nitrogens with one attached hydrogen (secondary N) is 2. The fourth-order valence-electron chi connectivity index (χ4n) is 3.37. The van der Waals surface area contributed by atoms with Gasteiger partial charge in [-0.1, -0.05) is 0 Å². The highest BCUT2D eigenvalue weighted by atomic mass is 19.1. The fraction of sp³-hybridized carbons (Fsp3) is 0.300. The Hall–Kier alpha value is -3.29. The molecular formula is C20H21FN6O. The first-order valence-electron chi connectivity index (χ1n) is 9.30. The van der Waals surface area contributed by atoms with Crippen LogP contribution in [0.1, 0.15) is 18.7 Å². The van der Waals surface area contributed by atoms with Crippen molar-refractivity contribution in [1.82, 2.24) is 25.1 Å². The van der Waals surface area contributed by atoms with Crippen LogP contribution < -0.4 is 10.6 Å². The van der Waals surface area contributed by atoms with Gasteiger partial charge in [-0.3, -0.25) is 9.78 Å². The van der Waals surface area contributed by atoms with Gasteiger partial charge >= 0.3 is 0 Å². The molecule has 0 radical (unpaired) electrons. The quantitative estimate of drug-likeness (QED) is 0.710. The van der Waals surface area contributed by atoms with Gasteiger partial charge in [0.15, 0.2) is 5.82 Å². The maximum Gasteiger partial charge on any atom is 0.239 e. The number of hydrogen-bond donors (Lipinski definition) is 2. The molecule has 3 heterocycles. The van der Waals surface area contributed by atoms with E-state index in [0.717, 1.165) is 43.0 Å². The molecular weight excluding hydrogens is 359 g/mol. The highest BCUT2D eigenvalue weighted by molar-refractivity contribution is 5.80. The molecule has 4 rings (SSSR count). The number of aromatic nitrogens is 4. The maximum absolute atomic E-state index is 12.9. The van der Waals surface area contributed by atoms with Crippen LogP contribution in [0.25, 0.3) is 11.4 Å². The number of anilines is 1. The Labute approximate surface area is 162 Å². The van der Waals surface area contributed by atoms with Crippen molar-refractivity contribution in [3.05, 3.63) is 60.4 Å². The predicted molar refractivity (Wildman–Crippen MR) is 103 cm³/mol. The van der Waals surface area contributed by atoms with Crippen molar-refractivity contribution < 1.29 is 9.18 Å². The Balaban J connectivity index is 1.33. The number of amides is 1. The molecule has 1 aliphatic heterocycles. The zero-order valence-electron chi connectivity index (χ0n) is 15.3. The molecule has 0 bridgehead atoms. The summed E-state index contributed by atoms with van der Waals surface area (Å²) in [5.74, 6) is 1.36. The molecule has 0 spiro atoms. The molecule has 1 aliphatic rings. The van der Waals surface area contributed by atoms with Crippen molar-refractivity contribution in [3.8, 4) is 11.4 Å². The second-order valence-corrected chi connectivity index (χ2v) is 6.79. The van der Waals surface area contributed by atoms with E-state index in [0.29, 0.717) is 5.69 Å². The van der Waals surface area contributed by atoms with E-state index in [9.17, 15) is 9.18 Å². The number of hydrogen-bond acceptors (Lipinski definition) is 5. The van der Waals surface area contributed by atoms with Gasteiger partial charge in [0, 0.05) is 42.7 Å². The summed E-state index contributed by atoms with van der Waals surface area (Å²) in [6, 6.07) is 9.87. The maximum atomic E-state index is 12.9. The molecule has 0 saturated heterocycles. The smallest absolute Gasteiger partial charge is 0.239 e. The number of nitrogens with zero attached hydrogens (tertiary/aromatic N) is 4. The predicted octanol–water partition coefficient (Wildman–Crippen LogP) is 2.41. The SMILES string of the molecule is O=C(CNc1ccc(F)cc1)NC1CCc2nnc(-c3cccnc3)n2CC1. The van der Waals surface area contributed by atoms with Crippen molar-refractivity contribution in [2.75, 3.05) is 11.9 Å². The lowest BCUT2D eigenvalue weighted by Crippen LogP contribution is -2.38. The number of rotatable bonds is 5. The van der Waals surface area contributed by atoms with Crippen LogP contribution in [0.15, 0.2) is 48.8 Å². The van der Waals surface area contributed by atoms with Gasteiger partial charge in [-0.15, -0.1) is 10.2 Å². The summed E-state index contributed by atoms with van der Waals surface area (Å²) in [7, 11) is 0. The first-order valence-corrected chi connectivity index (χ1v) is 9.30. The minimum Gasteiger partial charge on any atom is -0.376 e. The third-order valence-electron chi connectivity index (χ3n) is 4.83. The minimum atomic E-state index is -0.300. The molecule has 28 heavy (non-hydrogen) atoms. The van der Waals surface area contributed by atoms with Gasteiger partial charge in [-0.05, 0) is 49.2 Å². The van der Waals surface area contributed by atoms with Crippen LogP contribution >= 0.6 is 0 Å². The molecule has 1 unspecified atom stereocenters. The molecule has 2 aromatic heterocycles. The molecule has 0 aliphatic carbocycles. The minimum absolute atomic E-state index is 0.0750. The van der Waals surface area contributed by atoms with Gasteiger partial charge < -0.3 is 15.2 Å². The molecule has 0 saturated carbocycles. The first kappa shape index (κ1) is 18.1.